The fourth-order valence-electron chi connectivity index (χ4n) is 2.29. The molecule has 0 heterocycles. The van der Waals surface area contributed by atoms with Crippen molar-refractivity contribution in [2.45, 2.75) is 32.6 Å². The van der Waals surface area contributed by atoms with Crippen LogP contribution >= 0.6 is 28.3 Å². The first-order valence-electron chi connectivity index (χ1n) is 7.65. The van der Waals surface area contributed by atoms with E-state index in [4.69, 9.17) is 0 Å². The number of benzene rings is 1. The minimum absolute atomic E-state index is 0. The van der Waals surface area contributed by atoms with E-state index in [1.54, 1.807) is 6.08 Å². The van der Waals surface area contributed by atoms with Gasteiger partial charge in [0.05, 0.1) is 0 Å². The van der Waals surface area contributed by atoms with Gasteiger partial charge in [-0.2, -0.15) is 0 Å². The third kappa shape index (κ3) is 8.72. The van der Waals surface area contributed by atoms with Crippen LogP contribution < -0.4 is 0 Å². The van der Waals surface area contributed by atoms with Crippen LogP contribution in [0.1, 0.15) is 38.2 Å². The summed E-state index contributed by atoms with van der Waals surface area (Å²) in [6.45, 7) is 3.02. The van der Waals surface area contributed by atoms with E-state index in [1.165, 1.54) is 12.8 Å². The molecule has 0 radical (unpaired) electrons. The highest BCUT2D eigenvalue weighted by atomic mass is 79.9. The standard InChI is InChI=1S/C18H26BrNO.ClH/c1-4-5-6-7-16(14-20(2)3)18(21)13-10-15-8-11-17(19)12-9-15;/h8-13,16H,4-7,14H2,1-3H3;1H/b13-10+;. The number of hydrogen-bond donors (Lipinski definition) is 0. The Morgan fingerprint density at radius 1 is 1.23 bits per heavy atom. The highest BCUT2D eigenvalue weighted by Crippen LogP contribution is 2.15. The molecule has 0 saturated heterocycles. The van der Waals surface area contributed by atoms with E-state index in [1.807, 2.05) is 44.4 Å². The number of ketones is 1. The second kappa shape index (κ2) is 11.9. The molecule has 22 heavy (non-hydrogen) atoms. The molecular formula is C18H27BrClNO. The summed E-state index contributed by atoms with van der Waals surface area (Å²) < 4.78 is 1.05. The van der Waals surface area contributed by atoms with Crippen molar-refractivity contribution < 1.29 is 4.79 Å². The van der Waals surface area contributed by atoms with Gasteiger partial charge in [0.1, 0.15) is 0 Å². The monoisotopic (exact) mass is 387 g/mol. The summed E-state index contributed by atoms with van der Waals surface area (Å²) in [7, 11) is 4.05. The number of carbonyl (C=O) groups excluding carboxylic acids is 1. The SMILES string of the molecule is CCCCCC(CN(C)C)C(=O)/C=C/c1ccc(Br)cc1.Cl. The summed E-state index contributed by atoms with van der Waals surface area (Å²) in [4.78, 5) is 14.5. The molecule has 124 valence electrons. The zero-order valence-electron chi connectivity index (χ0n) is 13.7. The highest BCUT2D eigenvalue weighted by Gasteiger charge is 2.16. The van der Waals surface area contributed by atoms with Crippen molar-refractivity contribution in [1.29, 1.82) is 0 Å². The molecule has 0 saturated carbocycles. The Morgan fingerprint density at radius 2 is 1.86 bits per heavy atom. The Balaban J connectivity index is 0.00000441. The van der Waals surface area contributed by atoms with Gasteiger partial charge in [0.15, 0.2) is 5.78 Å². The number of unbranched alkanes of at least 4 members (excludes halogenated alkanes) is 2. The van der Waals surface area contributed by atoms with Gasteiger partial charge >= 0.3 is 0 Å². The third-order valence-electron chi connectivity index (χ3n) is 3.45. The molecule has 2 nitrogen and oxygen atoms in total. The number of rotatable bonds is 9. The van der Waals surface area contributed by atoms with Crippen molar-refractivity contribution in [2.75, 3.05) is 20.6 Å². The summed E-state index contributed by atoms with van der Waals surface area (Å²) in [6, 6.07) is 7.99. The van der Waals surface area contributed by atoms with Gasteiger partial charge in [0.25, 0.3) is 0 Å². The maximum atomic E-state index is 12.4. The Morgan fingerprint density at radius 3 is 2.41 bits per heavy atom. The van der Waals surface area contributed by atoms with Gasteiger partial charge in [-0.3, -0.25) is 4.79 Å². The van der Waals surface area contributed by atoms with Crippen LogP contribution in [-0.2, 0) is 4.79 Å². The second-order valence-electron chi connectivity index (χ2n) is 5.74. The molecule has 0 aromatic heterocycles. The van der Waals surface area contributed by atoms with Gasteiger partial charge in [0, 0.05) is 16.9 Å². The summed E-state index contributed by atoms with van der Waals surface area (Å²) in [5.41, 5.74) is 1.06. The van der Waals surface area contributed by atoms with Crippen molar-refractivity contribution in [2.24, 2.45) is 5.92 Å². The van der Waals surface area contributed by atoms with Crippen molar-refractivity contribution in [3.05, 3.63) is 40.4 Å². The van der Waals surface area contributed by atoms with E-state index in [0.29, 0.717) is 0 Å². The Hall–Kier alpha value is -0.640. The average molecular weight is 389 g/mol. The second-order valence-corrected chi connectivity index (χ2v) is 6.66. The van der Waals surface area contributed by atoms with E-state index in [0.717, 1.165) is 29.4 Å². The number of hydrogen-bond acceptors (Lipinski definition) is 2. The third-order valence-corrected chi connectivity index (χ3v) is 3.98. The lowest BCUT2D eigenvalue weighted by Gasteiger charge is -2.18. The molecule has 1 rings (SSSR count). The van der Waals surface area contributed by atoms with Crippen LogP contribution in [0.3, 0.4) is 0 Å². The fourth-order valence-corrected chi connectivity index (χ4v) is 2.56. The number of halogens is 2. The first-order valence-corrected chi connectivity index (χ1v) is 8.44. The first kappa shape index (κ1) is 21.4. The summed E-state index contributed by atoms with van der Waals surface area (Å²) in [5, 5.41) is 0. The van der Waals surface area contributed by atoms with E-state index >= 15 is 0 Å². The van der Waals surface area contributed by atoms with Crippen LogP contribution in [0.15, 0.2) is 34.8 Å². The zero-order valence-corrected chi connectivity index (χ0v) is 16.1. The zero-order chi connectivity index (χ0) is 15.7. The van der Waals surface area contributed by atoms with Crippen molar-refractivity contribution in [1.82, 2.24) is 4.90 Å². The predicted molar refractivity (Wildman–Crippen MR) is 102 cm³/mol. The molecule has 1 aromatic carbocycles. The topological polar surface area (TPSA) is 20.3 Å². The van der Waals surface area contributed by atoms with Gasteiger partial charge in [-0.05, 0) is 44.3 Å². The van der Waals surface area contributed by atoms with Crippen molar-refractivity contribution >= 4 is 40.2 Å². The van der Waals surface area contributed by atoms with Crippen LogP contribution in [0.25, 0.3) is 6.08 Å². The van der Waals surface area contributed by atoms with Crippen LogP contribution in [-0.4, -0.2) is 31.3 Å². The Labute approximate surface area is 149 Å². The molecule has 1 aromatic rings. The average Bonchev–Trinajstić information content (AvgIpc) is 2.45. The predicted octanol–water partition coefficient (Wildman–Crippen LogP) is 5.21. The Bertz CT molecular complexity index is 457. The molecule has 0 N–H and O–H groups in total. The molecule has 0 aliphatic rings. The quantitative estimate of drug-likeness (QED) is 0.427. The fraction of sp³-hybridized carbons (Fsp3) is 0.500. The molecule has 0 aliphatic heterocycles. The smallest absolute Gasteiger partial charge is 0.160 e. The molecule has 0 aliphatic carbocycles. The molecule has 1 atom stereocenters. The summed E-state index contributed by atoms with van der Waals surface area (Å²) in [6.07, 6.45) is 8.16. The normalized spacial score (nSPS) is 12.4. The molecular weight excluding hydrogens is 362 g/mol. The van der Waals surface area contributed by atoms with Crippen molar-refractivity contribution in [3.8, 4) is 0 Å². The largest absolute Gasteiger partial charge is 0.309 e. The van der Waals surface area contributed by atoms with Crippen LogP contribution in [0.4, 0.5) is 0 Å². The molecule has 4 heteroatoms. The van der Waals surface area contributed by atoms with Gasteiger partial charge < -0.3 is 4.90 Å². The molecule has 0 fully saturated rings. The van der Waals surface area contributed by atoms with E-state index < -0.39 is 0 Å². The maximum Gasteiger partial charge on any atom is 0.160 e. The lowest BCUT2D eigenvalue weighted by atomic mass is 9.95. The van der Waals surface area contributed by atoms with Gasteiger partial charge in [0.2, 0.25) is 0 Å². The lowest BCUT2D eigenvalue weighted by Crippen LogP contribution is -2.27. The number of carbonyl (C=O) groups is 1. The van der Waals surface area contributed by atoms with Gasteiger partial charge in [-0.25, -0.2) is 0 Å². The minimum atomic E-state index is 0. The summed E-state index contributed by atoms with van der Waals surface area (Å²) >= 11 is 3.41. The highest BCUT2D eigenvalue weighted by molar-refractivity contribution is 9.10. The van der Waals surface area contributed by atoms with Crippen molar-refractivity contribution in [3.63, 3.8) is 0 Å². The molecule has 0 amide bonds. The van der Waals surface area contributed by atoms with Crippen LogP contribution in [0, 0.1) is 5.92 Å². The minimum Gasteiger partial charge on any atom is -0.309 e. The number of nitrogens with zero attached hydrogens (tertiary/aromatic N) is 1. The van der Waals surface area contributed by atoms with Gasteiger partial charge in [-0.1, -0.05) is 60.3 Å². The Kier molecular flexibility index (Phi) is 11.5. The van der Waals surface area contributed by atoms with Crippen LogP contribution in [0.2, 0.25) is 0 Å². The first-order chi connectivity index (χ1) is 10.0. The van der Waals surface area contributed by atoms with E-state index in [9.17, 15) is 4.79 Å². The van der Waals surface area contributed by atoms with Gasteiger partial charge in [-0.15, -0.1) is 12.4 Å². The maximum absolute atomic E-state index is 12.4. The van der Waals surface area contributed by atoms with E-state index in [-0.39, 0.29) is 24.1 Å². The number of allylic oxidation sites excluding steroid dienone is 1. The molecule has 0 spiro atoms. The molecule has 1 unspecified atom stereocenters. The lowest BCUT2D eigenvalue weighted by molar-refractivity contribution is -0.118. The van der Waals surface area contributed by atoms with Crippen LogP contribution in [0.5, 0.6) is 0 Å². The molecule has 0 bridgehead atoms. The summed E-state index contributed by atoms with van der Waals surface area (Å²) in [5.74, 6) is 0.348. The van der Waals surface area contributed by atoms with E-state index in [2.05, 4.69) is 27.8 Å².